The van der Waals surface area contributed by atoms with Crippen LogP contribution in [0.15, 0.2) is 146 Å². The number of aryl methyl sites for hydroxylation is 1. The molecule has 0 aliphatic rings. The Morgan fingerprint density at radius 3 is 2.23 bits per heavy atom. The molecule has 0 spiro atoms. The Morgan fingerprint density at radius 2 is 1.43 bits per heavy atom. The number of nitrogens with one attached hydrogen (secondary N) is 1. The number of para-hydroxylation sites is 3. The summed E-state index contributed by atoms with van der Waals surface area (Å²) in [4.78, 5) is 0. The maximum absolute atomic E-state index is 4.49. The number of benzene rings is 5. The van der Waals surface area contributed by atoms with Crippen LogP contribution >= 0.6 is 0 Å². The van der Waals surface area contributed by atoms with E-state index in [1.54, 1.807) is 0 Å². The Labute approximate surface area is 236 Å². The Bertz CT molecular complexity index is 1880. The van der Waals surface area contributed by atoms with Crippen molar-refractivity contribution in [1.82, 2.24) is 4.57 Å². The molecule has 0 unspecified atom stereocenters. The quantitative estimate of drug-likeness (QED) is 0.209. The fourth-order valence-corrected chi connectivity index (χ4v) is 5.34. The van der Waals surface area contributed by atoms with Gasteiger partial charge in [-0.3, -0.25) is 0 Å². The van der Waals surface area contributed by atoms with Crippen molar-refractivity contribution in [3.63, 3.8) is 0 Å². The molecule has 0 saturated heterocycles. The number of rotatable bonds is 7. The molecule has 0 radical (unpaired) electrons. The second kappa shape index (κ2) is 11.0. The van der Waals surface area contributed by atoms with Gasteiger partial charge in [0.15, 0.2) is 0 Å². The van der Waals surface area contributed by atoms with Gasteiger partial charge in [-0.05, 0) is 85.2 Å². The molecule has 1 heterocycles. The zero-order chi connectivity index (χ0) is 27.5. The van der Waals surface area contributed by atoms with E-state index in [2.05, 4.69) is 170 Å². The van der Waals surface area contributed by atoms with E-state index in [-0.39, 0.29) is 0 Å². The van der Waals surface area contributed by atoms with Crippen LogP contribution in [0.5, 0.6) is 0 Å². The van der Waals surface area contributed by atoms with Crippen LogP contribution in [0.3, 0.4) is 0 Å². The normalized spacial score (nSPS) is 11.9. The van der Waals surface area contributed by atoms with Gasteiger partial charge in [0.25, 0.3) is 0 Å². The number of anilines is 2. The van der Waals surface area contributed by atoms with Crippen LogP contribution in [-0.2, 0) is 0 Å². The standard InChI is InChI=1S/C38H32N2/c1-4-12-29(25-28(3)33-15-8-10-17-36(33)39-31-22-19-27(2)20-23-31)30-21-24-38-35(26-30)34-16-9-11-18-37(34)40(38)32-13-6-5-7-14-32/h4-26,39H,3H2,1-2H3/b12-4?,29-25+. The smallest absolute Gasteiger partial charge is 0.0541 e. The van der Waals surface area contributed by atoms with Crippen LogP contribution in [0.25, 0.3) is 38.6 Å². The number of allylic oxidation sites excluding steroid dienone is 5. The molecule has 6 rings (SSSR count). The van der Waals surface area contributed by atoms with Crippen molar-refractivity contribution in [3.05, 3.63) is 163 Å². The van der Waals surface area contributed by atoms with Gasteiger partial charge < -0.3 is 9.88 Å². The molecule has 0 saturated carbocycles. The maximum Gasteiger partial charge on any atom is 0.0541 e. The first-order chi connectivity index (χ1) is 19.6. The van der Waals surface area contributed by atoms with E-state index in [0.29, 0.717) is 0 Å². The summed E-state index contributed by atoms with van der Waals surface area (Å²) in [7, 11) is 0. The van der Waals surface area contributed by atoms with Crippen molar-refractivity contribution in [3.8, 4) is 5.69 Å². The summed E-state index contributed by atoms with van der Waals surface area (Å²) >= 11 is 0. The van der Waals surface area contributed by atoms with E-state index in [9.17, 15) is 0 Å². The van der Waals surface area contributed by atoms with Gasteiger partial charge in [-0.1, -0.05) is 97.1 Å². The van der Waals surface area contributed by atoms with Crippen LogP contribution in [0, 0.1) is 6.92 Å². The van der Waals surface area contributed by atoms with Gasteiger partial charge >= 0.3 is 0 Å². The number of aromatic nitrogens is 1. The molecule has 1 aromatic heterocycles. The molecule has 0 aliphatic heterocycles. The highest BCUT2D eigenvalue weighted by Crippen LogP contribution is 2.35. The van der Waals surface area contributed by atoms with Crippen LogP contribution in [0.2, 0.25) is 0 Å². The van der Waals surface area contributed by atoms with E-state index < -0.39 is 0 Å². The second-order valence-electron chi connectivity index (χ2n) is 10.1. The zero-order valence-corrected chi connectivity index (χ0v) is 22.9. The predicted octanol–water partition coefficient (Wildman–Crippen LogP) is 10.5. The zero-order valence-electron chi connectivity index (χ0n) is 22.9. The molecule has 40 heavy (non-hydrogen) atoms. The Kier molecular flexibility index (Phi) is 6.91. The minimum Gasteiger partial charge on any atom is -0.355 e. The molecule has 6 aromatic rings. The summed E-state index contributed by atoms with van der Waals surface area (Å²) in [6, 6.07) is 42.8. The molecule has 0 fully saturated rings. The summed E-state index contributed by atoms with van der Waals surface area (Å²) < 4.78 is 2.35. The van der Waals surface area contributed by atoms with E-state index in [1.807, 2.05) is 0 Å². The summed E-state index contributed by atoms with van der Waals surface area (Å²) in [6.45, 7) is 8.65. The van der Waals surface area contributed by atoms with Gasteiger partial charge in [0.05, 0.1) is 11.0 Å². The number of hydrogen-bond acceptors (Lipinski definition) is 1. The monoisotopic (exact) mass is 516 g/mol. The molecule has 0 amide bonds. The van der Waals surface area contributed by atoms with Crippen molar-refractivity contribution < 1.29 is 0 Å². The van der Waals surface area contributed by atoms with Gasteiger partial charge in [-0.2, -0.15) is 0 Å². The van der Waals surface area contributed by atoms with Gasteiger partial charge in [0.2, 0.25) is 0 Å². The van der Waals surface area contributed by atoms with E-state index in [4.69, 9.17) is 0 Å². The first-order valence-corrected chi connectivity index (χ1v) is 13.7. The topological polar surface area (TPSA) is 17.0 Å². The van der Waals surface area contributed by atoms with Gasteiger partial charge in [0.1, 0.15) is 0 Å². The van der Waals surface area contributed by atoms with E-state index in [0.717, 1.165) is 39.3 Å². The van der Waals surface area contributed by atoms with Crippen molar-refractivity contribution in [2.24, 2.45) is 0 Å². The molecule has 0 atom stereocenters. The van der Waals surface area contributed by atoms with Gasteiger partial charge in [-0.25, -0.2) is 0 Å². The molecule has 5 aromatic carbocycles. The Hall–Kier alpha value is -5.08. The van der Waals surface area contributed by atoms with Crippen molar-refractivity contribution in [1.29, 1.82) is 0 Å². The third kappa shape index (κ3) is 4.88. The summed E-state index contributed by atoms with van der Waals surface area (Å²) in [6.07, 6.45) is 6.44. The minimum absolute atomic E-state index is 0.954. The highest BCUT2D eigenvalue weighted by Gasteiger charge is 2.13. The average Bonchev–Trinajstić information content (AvgIpc) is 3.32. The number of fused-ring (bicyclic) bond motifs is 3. The first-order valence-electron chi connectivity index (χ1n) is 13.7. The summed E-state index contributed by atoms with van der Waals surface area (Å²) in [5, 5.41) is 6.06. The molecule has 0 aliphatic carbocycles. The van der Waals surface area contributed by atoms with Crippen molar-refractivity contribution in [2.45, 2.75) is 13.8 Å². The Morgan fingerprint density at radius 1 is 0.725 bits per heavy atom. The summed E-state index contributed by atoms with van der Waals surface area (Å²) in [5.74, 6) is 0. The molecule has 194 valence electrons. The average molecular weight is 517 g/mol. The summed E-state index contributed by atoms with van der Waals surface area (Å²) in [5.41, 5.74) is 11.2. The van der Waals surface area contributed by atoms with Gasteiger partial charge in [-0.15, -0.1) is 0 Å². The van der Waals surface area contributed by atoms with Crippen LogP contribution < -0.4 is 5.32 Å². The van der Waals surface area contributed by atoms with Crippen molar-refractivity contribution >= 4 is 44.3 Å². The largest absolute Gasteiger partial charge is 0.355 e. The molecule has 0 bridgehead atoms. The third-order valence-corrected chi connectivity index (χ3v) is 7.30. The fourth-order valence-electron chi connectivity index (χ4n) is 5.34. The lowest BCUT2D eigenvalue weighted by atomic mass is 9.97. The molecular weight excluding hydrogens is 484 g/mol. The predicted molar refractivity (Wildman–Crippen MR) is 174 cm³/mol. The van der Waals surface area contributed by atoms with E-state index in [1.165, 1.54) is 27.4 Å². The van der Waals surface area contributed by atoms with Crippen molar-refractivity contribution in [2.75, 3.05) is 5.32 Å². The molecule has 2 nitrogen and oxygen atoms in total. The highest BCUT2D eigenvalue weighted by atomic mass is 15.0. The lowest BCUT2D eigenvalue weighted by molar-refractivity contribution is 1.18. The number of hydrogen-bond donors (Lipinski definition) is 1. The molecular formula is C38H32N2. The minimum atomic E-state index is 0.954. The lowest BCUT2D eigenvalue weighted by Gasteiger charge is -2.14. The van der Waals surface area contributed by atoms with E-state index >= 15 is 0 Å². The fraction of sp³-hybridized carbons (Fsp3) is 0.0526. The highest BCUT2D eigenvalue weighted by molar-refractivity contribution is 6.10. The lowest BCUT2D eigenvalue weighted by Crippen LogP contribution is -1.95. The van der Waals surface area contributed by atoms with Crippen LogP contribution in [0.4, 0.5) is 11.4 Å². The van der Waals surface area contributed by atoms with Crippen LogP contribution in [-0.4, -0.2) is 4.57 Å². The Balaban J connectivity index is 1.43. The molecule has 1 N–H and O–H groups in total. The maximum atomic E-state index is 4.49. The van der Waals surface area contributed by atoms with Gasteiger partial charge in [0, 0.05) is 33.4 Å². The third-order valence-electron chi connectivity index (χ3n) is 7.30. The molecule has 2 heteroatoms. The van der Waals surface area contributed by atoms with Crippen LogP contribution in [0.1, 0.15) is 23.6 Å². The second-order valence-corrected chi connectivity index (χ2v) is 10.1. The SMILES string of the molecule is C=C(/C=C(\C=CC)c1ccc2c(c1)c1ccccc1n2-c1ccccc1)c1ccccc1Nc1ccc(C)cc1. The first kappa shape index (κ1) is 25.2. The number of nitrogens with zero attached hydrogens (tertiary/aromatic N) is 1.